The van der Waals surface area contributed by atoms with Crippen LogP contribution in [0.2, 0.25) is 5.15 Å². The molecule has 0 bridgehead atoms. The lowest BCUT2D eigenvalue weighted by molar-refractivity contribution is 0.768. The average molecular weight is 301 g/mol. The Morgan fingerprint density at radius 2 is 2.19 bits per heavy atom. The van der Waals surface area contributed by atoms with E-state index in [9.17, 15) is 0 Å². The Morgan fingerprint density at radius 3 is 2.81 bits per heavy atom. The van der Waals surface area contributed by atoms with Gasteiger partial charge in [0, 0.05) is 13.1 Å². The molecule has 0 aromatic carbocycles. The highest BCUT2D eigenvalue weighted by atomic mass is 35.5. The topological polar surface area (TPSA) is 90.4 Å². The summed E-state index contributed by atoms with van der Waals surface area (Å²) in [7, 11) is 0. The van der Waals surface area contributed by atoms with E-state index in [1.54, 1.807) is 16.7 Å². The van der Waals surface area contributed by atoms with Gasteiger partial charge in [0.1, 0.15) is 22.4 Å². The van der Waals surface area contributed by atoms with Crippen LogP contribution in [-0.4, -0.2) is 21.1 Å². The van der Waals surface area contributed by atoms with Crippen LogP contribution >= 0.6 is 11.6 Å². The van der Waals surface area contributed by atoms with Gasteiger partial charge in [-0.2, -0.15) is 10.2 Å². The van der Waals surface area contributed by atoms with E-state index in [-0.39, 0.29) is 16.2 Å². The zero-order valence-corrected chi connectivity index (χ0v) is 12.0. The maximum atomic E-state index is 9.12. The highest BCUT2D eigenvalue weighted by Gasteiger charge is 2.12. The van der Waals surface area contributed by atoms with Crippen molar-refractivity contribution in [1.29, 1.82) is 10.7 Å². The van der Waals surface area contributed by atoms with Crippen molar-refractivity contribution in [3.8, 4) is 6.07 Å². The molecule has 0 amide bonds. The number of nitrogens with zero attached hydrogens (tertiary/aromatic N) is 4. The lowest BCUT2D eigenvalue weighted by Crippen LogP contribution is -2.24. The molecule has 106 valence electrons. The first-order valence-electron chi connectivity index (χ1n) is 6.13. The fourth-order valence-corrected chi connectivity index (χ4v) is 2.08. The number of fused-ring (bicyclic) bond motifs is 1. The molecule has 0 unspecified atom stereocenters. The monoisotopic (exact) mass is 300 g/mol. The van der Waals surface area contributed by atoms with Gasteiger partial charge in [-0.1, -0.05) is 23.8 Å². The van der Waals surface area contributed by atoms with Gasteiger partial charge in [0.05, 0.1) is 10.9 Å². The lowest BCUT2D eigenvalue weighted by atomic mass is 10.2. The van der Waals surface area contributed by atoms with Crippen molar-refractivity contribution < 1.29 is 0 Å². The molecular formula is C14H13ClN6. The quantitative estimate of drug-likeness (QED) is 0.654. The van der Waals surface area contributed by atoms with Crippen LogP contribution in [0.3, 0.4) is 0 Å². The zero-order valence-electron chi connectivity index (χ0n) is 11.2. The fourth-order valence-electron chi connectivity index (χ4n) is 1.86. The average Bonchev–Trinajstić information content (AvgIpc) is 2.48. The molecular weight excluding hydrogens is 288 g/mol. The number of halogens is 1. The molecule has 2 aromatic heterocycles. The van der Waals surface area contributed by atoms with Crippen molar-refractivity contribution in [2.24, 2.45) is 0 Å². The summed E-state index contributed by atoms with van der Waals surface area (Å²) in [5, 5.41) is 20.9. The second-order valence-electron chi connectivity index (χ2n) is 4.16. The number of rotatable bonds is 5. The molecule has 0 aliphatic carbocycles. The molecule has 7 heteroatoms. The predicted molar refractivity (Wildman–Crippen MR) is 82.0 cm³/mol. The standard InChI is InChI=1S/C14H13ClN6/c1-3-5-18-14-19-11(15)10-7-9(8-16)12(17)21(6-4-2)13(10)20-14/h3-4,7,17H,1-2,5-6H2,(H,18,19,20). The molecule has 0 atom stereocenters. The van der Waals surface area contributed by atoms with E-state index in [1.807, 2.05) is 6.07 Å². The first kappa shape index (κ1) is 14.8. The van der Waals surface area contributed by atoms with Crippen LogP contribution in [0.4, 0.5) is 5.95 Å². The van der Waals surface area contributed by atoms with E-state index in [4.69, 9.17) is 22.3 Å². The first-order valence-corrected chi connectivity index (χ1v) is 6.51. The molecule has 2 aromatic rings. The zero-order chi connectivity index (χ0) is 15.4. The molecule has 6 nitrogen and oxygen atoms in total. The van der Waals surface area contributed by atoms with Gasteiger partial charge in [0.25, 0.3) is 0 Å². The highest BCUT2D eigenvalue weighted by molar-refractivity contribution is 6.34. The van der Waals surface area contributed by atoms with Crippen molar-refractivity contribution in [2.75, 3.05) is 11.9 Å². The second kappa shape index (κ2) is 6.20. The molecule has 21 heavy (non-hydrogen) atoms. The number of aromatic nitrogens is 3. The third-order valence-electron chi connectivity index (χ3n) is 2.79. The molecule has 0 aliphatic rings. The van der Waals surface area contributed by atoms with Crippen LogP contribution < -0.4 is 10.8 Å². The van der Waals surface area contributed by atoms with Crippen molar-refractivity contribution in [3.05, 3.63) is 47.6 Å². The largest absolute Gasteiger partial charge is 0.351 e. The van der Waals surface area contributed by atoms with E-state index in [1.165, 1.54) is 6.07 Å². The first-order chi connectivity index (χ1) is 10.1. The minimum atomic E-state index is 0.0642. The highest BCUT2D eigenvalue weighted by Crippen LogP contribution is 2.21. The van der Waals surface area contributed by atoms with Crippen LogP contribution in [0.1, 0.15) is 5.56 Å². The van der Waals surface area contributed by atoms with Gasteiger partial charge in [0.2, 0.25) is 5.95 Å². The smallest absolute Gasteiger partial charge is 0.226 e. The number of hydrogen-bond acceptors (Lipinski definition) is 5. The fraction of sp³-hybridized carbons (Fsp3) is 0.143. The minimum Gasteiger partial charge on any atom is -0.351 e. The number of nitrogens with one attached hydrogen (secondary N) is 2. The summed E-state index contributed by atoms with van der Waals surface area (Å²) in [5.74, 6) is 0.342. The van der Waals surface area contributed by atoms with E-state index >= 15 is 0 Å². The van der Waals surface area contributed by atoms with Gasteiger partial charge in [-0.15, -0.1) is 13.2 Å². The van der Waals surface area contributed by atoms with E-state index in [2.05, 4.69) is 28.4 Å². The summed E-state index contributed by atoms with van der Waals surface area (Å²) in [6.45, 7) is 8.11. The Morgan fingerprint density at radius 1 is 1.43 bits per heavy atom. The Bertz CT molecular complexity index is 815. The molecule has 0 spiro atoms. The van der Waals surface area contributed by atoms with Gasteiger partial charge >= 0.3 is 0 Å². The Hall–Kier alpha value is -2.65. The summed E-state index contributed by atoms with van der Waals surface area (Å²) in [4.78, 5) is 8.49. The summed E-state index contributed by atoms with van der Waals surface area (Å²) < 4.78 is 1.56. The van der Waals surface area contributed by atoms with E-state index in [0.29, 0.717) is 30.1 Å². The third-order valence-corrected chi connectivity index (χ3v) is 3.07. The molecule has 2 rings (SSSR count). The number of allylic oxidation sites excluding steroid dienone is 1. The SMILES string of the molecule is C=CCNc1nc(Cl)c2cc(C#N)c(=N)n(CC=C)c2n1. The number of hydrogen-bond donors (Lipinski definition) is 2. The maximum absolute atomic E-state index is 9.12. The third kappa shape index (κ3) is 2.78. The number of anilines is 1. The molecule has 0 aliphatic heterocycles. The molecule has 0 radical (unpaired) electrons. The molecule has 2 heterocycles. The molecule has 2 N–H and O–H groups in total. The van der Waals surface area contributed by atoms with Gasteiger partial charge in [-0.3, -0.25) is 5.41 Å². The van der Waals surface area contributed by atoms with Gasteiger partial charge in [-0.25, -0.2) is 4.98 Å². The normalized spacial score (nSPS) is 10.1. The van der Waals surface area contributed by atoms with Crippen molar-refractivity contribution >= 4 is 28.6 Å². The van der Waals surface area contributed by atoms with Crippen molar-refractivity contribution in [1.82, 2.24) is 14.5 Å². The van der Waals surface area contributed by atoms with E-state index in [0.717, 1.165) is 0 Å². The van der Waals surface area contributed by atoms with Crippen molar-refractivity contribution in [2.45, 2.75) is 6.54 Å². The maximum Gasteiger partial charge on any atom is 0.226 e. The Kier molecular flexibility index (Phi) is 4.36. The summed E-state index contributed by atoms with van der Waals surface area (Å²) in [6.07, 6.45) is 3.31. The second-order valence-corrected chi connectivity index (χ2v) is 4.52. The van der Waals surface area contributed by atoms with Crippen LogP contribution in [0.15, 0.2) is 31.4 Å². The summed E-state index contributed by atoms with van der Waals surface area (Å²) >= 11 is 6.17. The minimum absolute atomic E-state index is 0.0642. The number of pyridine rings is 1. The van der Waals surface area contributed by atoms with Crippen LogP contribution in [0.5, 0.6) is 0 Å². The Labute approximate surface area is 126 Å². The molecule has 0 fully saturated rings. The van der Waals surface area contributed by atoms with Crippen molar-refractivity contribution in [3.63, 3.8) is 0 Å². The van der Waals surface area contributed by atoms with Crippen LogP contribution in [0, 0.1) is 16.7 Å². The molecule has 0 saturated carbocycles. The van der Waals surface area contributed by atoms with Gasteiger partial charge in [-0.05, 0) is 6.07 Å². The van der Waals surface area contributed by atoms with Crippen LogP contribution in [0.25, 0.3) is 11.0 Å². The van der Waals surface area contributed by atoms with Gasteiger partial charge < -0.3 is 9.88 Å². The Balaban J connectivity index is 2.80. The lowest BCUT2D eigenvalue weighted by Gasteiger charge is -2.12. The summed E-state index contributed by atoms with van der Waals surface area (Å²) in [5.41, 5.74) is 0.751. The number of nitriles is 1. The van der Waals surface area contributed by atoms with E-state index < -0.39 is 0 Å². The molecule has 0 saturated heterocycles. The summed E-state index contributed by atoms with van der Waals surface area (Å²) in [6, 6.07) is 3.50. The van der Waals surface area contributed by atoms with Crippen LogP contribution in [-0.2, 0) is 6.54 Å². The van der Waals surface area contributed by atoms with Gasteiger partial charge in [0.15, 0.2) is 0 Å². The predicted octanol–water partition coefficient (Wildman–Crippen LogP) is 2.22.